The number of alkyl halides is 6. The largest absolute Gasteiger partial charge is 0.493 e. The molecule has 0 spiro atoms. The fraction of sp³-hybridized carbons (Fsp3) is 0.517. The van der Waals surface area contributed by atoms with E-state index >= 15 is 0 Å². The van der Waals surface area contributed by atoms with Crippen LogP contribution in [-0.4, -0.2) is 67.1 Å². The first-order valence-corrected chi connectivity index (χ1v) is 13.5. The summed E-state index contributed by atoms with van der Waals surface area (Å²) < 4.78 is 81.8. The molecule has 3 unspecified atom stereocenters. The minimum atomic E-state index is -5.08. The van der Waals surface area contributed by atoms with Crippen molar-refractivity contribution in [3.63, 3.8) is 0 Å². The predicted molar refractivity (Wildman–Crippen MR) is 146 cm³/mol. The lowest BCUT2D eigenvalue weighted by molar-refractivity contribution is -0.192. The highest BCUT2D eigenvalue weighted by molar-refractivity contribution is 5.89. The summed E-state index contributed by atoms with van der Waals surface area (Å²) in [5.41, 5.74) is 0.457. The summed E-state index contributed by atoms with van der Waals surface area (Å²) in [4.78, 5) is 24.1. The van der Waals surface area contributed by atoms with Crippen molar-refractivity contribution in [2.75, 3.05) is 26.1 Å². The van der Waals surface area contributed by atoms with Gasteiger partial charge in [-0.3, -0.25) is 4.90 Å². The summed E-state index contributed by atoms with van der Waals surface area (Å²) in [6, 6.07) is 10.8. The number of methoxy groups -OCH3 is 2. The summed E-state index contributed by atoms with van der Waals surface area (Å²) in [5.74, 6) is -1.37. The van der Waals surface area contributed by atoms with Gasteiger partial charge in [0.15, 0.2) is 11.5 Å². The van der Waals surface area contributed by atoms with E-state index in [4.69, 9.17) is 19.4 Å². The molecule has 4 rings (SSSR count). The molecule has 14 heteroatoms. The highest BCUT2D eigenvalue weighted by atomic mass is 19.4. The standard InChI is InChI=1S/C27H34F3N3O3.C2HF3O2/c1-17(2)33-13-12-26(18-8-9-22(35-3)23(15-18)36-4)11-10-21(16-24(26)33)32-25(34)31-20-7-5-6-19(14-20)27(28,29)30;3-2(4,5)1(6)7/h5-9,14-15,17,21,24H,10-13,16H2,1-4H3,(H2,31,32,34);(H,6,7). The number of benzene rings is 2. The van der Waals surface area contributed by atoms with Gasteiger partial charge in [-0.05, 0) is 82.0 Å². The SMILES string of the molecule is COc1ccc(C23CCC(NC(=O)Nc4cccc(C(F)(F)F)c4)CC2N(C(C)C)CC3)cc1OC.O=C(O)C(F)(F)F. The van der Waals surface area contributed by atoms with Crippen molar-refractivity contribution in [1.29, 1.82) is 0 Å². The van der Waals surface area contributed by atoms with Crippen LogP contribution in [0.5, 0.6) is 11.5 Å². The van der Waals surface area contributed by atoms with Crippen LogP contribution in [0, 0.1) is 0 Å². The van der Waals surface area contributed by atoms with E-state index in [9.17, 15) is 31.1 Å². The molecule has 43 heavy (non-hydrogen) atoms. The molecule has 3 atom stereocenters. The van der Waals surface area contributed by atoms with Crippen LogP contribution < -0.4 is 20.1 Å². The minimum absolute atomic E-state index is 0.0699. The van der Waals surface area contributed by atoms with Crippen LogP contribution in [0.25, 0.3) is 0 Å². The molecular weight excluding hydrogens is 584 g/mol. The Morgan fingerprint density at radius 3 is 2.21 bits per heavy atom. The van der Waals surface area contributed by atoms with Gasteiger partial charge in [0, 0.05) is 29.2 Å². The number of halogens is 6. The van der Waals surface area contributed by atoms with Gasteiger partial charge >= 0.3 is 24.4 Å². The fourth-order valence-electron chi connectivity index (χ4n) is 5.94. The highest BCUT2D eigenvalue weighted by Crippen LogP contribution is 2.51. The number of hydrogen-bond acceptors (Lipinski definition) is 5. The van der Waals surface area contributed by atoms with E-state index in [1.54, 1.807) is 14.2 Å². The Kier molecular flexibility index (Phi) is 10.5. The number of carbonyl (C=O) groups is 2. The topological polar surface area (TPSA) is 100 Å². The maximum atomic E-state index is 13.0. The Bertz CT molecular complexity index is 1290. The van der Waals surface area contributed by atoms with Crippen molar-refractivity contribution in [2.45, 2.75) is 75.4 Å². The molecule has 1 saturated carbocycles. The van der Waals surface area contributed by atoms with Crippen LogP contribution >= 0.6 is 0 Å². The molecule has 1 aliphatic carbocycles. The van der Waals surface area contributed by atoms with Crippen molar-refractivity contribution in [3.05, 3.63) is 53.6 Å². The van der Waals surface area contributed by atoms with Gasteiger partial charge < -0.3 is 25.2 Å². The van der Waals surface area contributed by atoms with Crippen LogP contribution in [-0.2, 0) is 16.4 Å². The number of nitrogens with one attached hydrogen (secondary N) is 2. The number of amides is 2. The molecule has 238 valence electrons. The average Bonchev–Trinajstić information content (AvgIpc) is 3.32. The monoisotopic (exact) mass is 619 g/mol. The molecule has 0 aromatic heterocycles. The summed E-state index contributed by atoms with van der Waals surface area (Å²) >= 11 is 0. The van der Waals surface area contributed by atoms with Crippen LogP contribution in [0.15, 0.2) is 42.5 Å². The van der Waals surface area contributed by atoms with Gasteiger partial charge in [-0.1, -0.05) is 12.1 Å². The van der Waals surface area contributed by atoms with Gasteiger partial charge in [0.25, 0.3) is 0 Å². The number of urea groups is 1. The van der Waals surface area contributed by atoms with Crippen molar-refractivity contribution >= 4 is 17.7 Å². The second-order valence-electron chi connectivity index (χ2n) is 10.8. The zero-order valence-corrected chi connectivity index (χ0v) is 24.1. The molecule has 2 aliphatic rings. The van der Waals surface area contributed by atoms with E-state index in [0.29, 0.717) is 17.5 Å². The fourth-order valence-corrected chi connectivity index (χ4v) is 5.94. The summed E-state index contributed by atoms with van der Waals surface area (Å²) in [6.45, 7) is 5.32. The van der Waals surface area contributed by atoms with Gasteiger partial charge in [0.1, 0.15) is 0 Å². The maximum absolute atomic E-state index is 13.0. The number of anilines is 1. The predicted octanol–water partition coefficient (Wildman–Crippen LogP) is 6.45. The molecule has 0 bridgehead atoms. The zero-order chi connectivity index (χ0) is 32.2. The van der Waals surface area contributed by atoms with Gasteiger partial charge in [0.05, 0.1) is 19.8 Å². The van der Waals surface area contributed by atoms with E-state index < -0.39 is 29.9 Å². The van der Waals surface area contributed by atoms with Gasteiger partial charge in [-0.25, -0.2) is 9.59 Å². The summed E-state index contributed by atoms with van der Waals surface area (Å²) in [5, 5.41) is 12.7. The molecular formula is C29H35F6N3O5. The first kappa shape index (κ1) is 33.8. The Labute approximate surface area is 245 Å². The van der Waals surface area contributed by atoms with Crippen molar-refractivity contribution in [3.8, 4) is 11.5 Å². The first-order valence-electron chi connectivity index (χ1n) is 13.5. The van der Waals surface area contributed by atoms with Gasteiger partial charge in [-0.15, -0.1) is 0 Å². The third kappa shape index (κ3) is 8.03. The van der Waals surface area contributed by atoms with Crippen LogP contribution in [0.1, 0.15) is 50.7 Å². The molecule has 1 saturated heterocycles. The molecule has 3 N–H and O–H groups in total. The number of carboxylic acids is 1. The molecule has 0 radical (unpaired) electrons. The van der Waals surface area contributed by atoms with E-state index in [1.165, 1.54) is 17.7 Å². The Hall–Kier alpha value is -3.68. The normalized spacial score (nSPS) is 22.2. The number of ether oxygens (including phenoxy) is 2. The maximum Gasteiger partial charge on any atom is 0.490 e. The summed E-state index contributed by atoms with van der Waals surface area (Å²) in [7, 11) is 3.26. The lowest BCUT2D eigenvalue weighted by Gasteiger charge is -2.46. The molecule has 2 aromatic carbocycles. The Morgan fingerprint density at radius 1 is 1.00 bits per heavy atom. The van der Waals surface area contributed by atoms with Crippen LogP contribution in [0.2, 0.25) is 0 Å². The number of aliphatic carboxylic acids is 1. The first-order chi connectivity index (χ1) is 20.0. The van der Waals surface area contributed by atoms with E-state index in [0.717, 1.165) is 44.4 Å². The molecule has 8 nitrogen and oxygen atoms in total. The molecule has 2 aromatic rings. The minimum Gasteiger partial charge on any atom is -0.493 e. The molecule has 2 fully saturated rings. The number of carbonyl (C=O) groups excluding carboxylic acids is 1. The van der Waals surface area contributed by atoms with E-state index in [1.807, 2.05) is 6.07 Å². The highest BCUT2D eigenvalue weighted by Gasteiger charge is 2.52. The van der Waals surface area contributed by atoms with Crippen LogP contribution in [0.4, 0.5) is 36.8 Å². The lowest BCUT2D eigenvalue weighted by atomic mass is 9.65. The molecule has 1 aliphatic heterocycles. The number of hydrogen-bond donors (Lipinski definition) is 3. The second-order valence-corrected chi connectivity index (χ2v) is 10.8. The number of likely N-dealkylation sites (tertiary alicyclic amines) is 1. The van der Waals surface area contributed by atoms with Crippen molar-refractivity contribution in [1.82, 2.24) is 10.2 Å². The number of nitrogens with zero attached hydrogens (tertiary/aromatic N) is 1. The quantitative estimate of drug-likeness (QED) is 0.322. The number of fused-ring (bicyclic) bond motifs is 1. The van der Waals surface area contributed by atoms with Crippen LogP contribution in [0.3, 0.4) is 0 Å². The molecule has 1 heterocycles. The Balaban J connectivity index is 0.000000646. The third-order valence-electron chi connectivity index (χ3n) is 7.95. The number of carboxylic acid groups (broad SMARTS) is 1. The third-order valence-corrected chi connectivity index (χ3v) is 7.95. The Morgan fingerprint density at radius 2 is 1.65 bits per heavy atom. The molecule has 2 amide bonds. The smallest absolute Gasteiger partial charge is 0.490 e. The van der Waals surface area contributed by atoms with Gasteiger partial charge in [0.2, 0.25) is 0 Å². The second kappa shape index (κ2) is 13.3. The lowest BCUT2D eigenvalue weighted by Crippen LogP contribution is -2.54. The van der Waals surface area contributed by atoms with Crippen molar-refractivity contribution in [2.24, 2.45) is 0 Å². The average molecular weight is 620 g/mol. The zero-order valence-electron chi connectivity index (χ0n) is 24.1. The van der Waals surface area contributed by atoms with Crippen molar-refractivity contribution < 1.29 is 50.5 Å². The van der Waals surface area contributed by atoms with E-state index in [-0.39, 0.29) is 23.2 Å². The number of rotatable bonds is 6. The summed E-state index contributed by atoms with van der Waals surface area (Å²) in [6.07, 6.45) is -6.14. The van der Waals surface area contributed by atoms with E-state index in [2.05, 4.69) is 41.5 Å². The van der Waals surface area contributed by atoms with Gasteiger partial charge in [-0.2, -0.15) is 26.3 Å².